The molecule has 3 aromatic carbocycles. The molecule has 0 unspecified atom stereocenters. The molecule has 3 aromatic rings. The van der Waals surface area contributed by atoms with Gasteiger partial charge in [-0.15, -0.1) is 5.11 Å². The number of azo groups is 1. The van der Waals surface area contributed by atoms with Crippen LogP contribution in [0.2, 0.25) is 0 Å². The summed E-state index contributed by atoms with van der Waals surface area (Å²) in [6.45, 7) is 0. The maximum atomic E-state index is 11.8. The third kappa shape index (κ3) is 4.87. The molecule has 0 amide bonds. The van der Waals surface area contributed by atoms with Gasteiger partial charge in [0.2, 0.25) is 0 Å². The van der Waals surface area contributed by atoms with Gasteiger partial charge in [0.1, 0.15) is 10.6 Å². The second-order valence-electron chi connectivity index (χ2n) is 6.07. The quantitative estimate of drug-likeness (QED) is 0.305. The summed E-state index contributed by atoms with van der Waals surface area (Å²) in [7, 11) is -14.0. The smallest absolute Gasteiger partial charge is 0.296 e. The van der Waals surface area contributed by atoms with Crippen molar-refractivity contribution >= 4 is 52.5 Å². The van der Waals surface area contributed by atoms with Gasteiger partial charge in [-0.05, 0) is 53.9 Å². The van der Waals surface area contributed by atoms with Crippen molar-refractivity contribution in [3.05, 3.63) is 48.5 Å². The van der Waals surface area contributed by atoms with Crippen LogP contribution in [0.15, 0.2) is 73.4 Å². The molecule has 0 bridgehead atoms. The Labute approximate surface area is 175 Å². The zero-order valence-corrected chi connectivity index (χ0v) is 17.4. The highest BCUT2D eigenvalue weighted by molar-refractivity contribution is 7.86. The maximum absolute atomic E-state index is 11.8. The van der Waals surface area contributed by atoms with E-state index in [9.17, 15) is 34.9 Å². The minimum atomic E-state index is -4.96. The van der Waals surface area contributed by atoms with Crippen molar-refractivity contribution in [3.8, 4) is 5.75 Å². The predicted molar refractivity (Wildman–Crippen MR) is 106 cm³/mol. The molecule has 0 aromatic heterocycles. The van der Waals surface area contributed by atoms with Gasteiger partial charge in [0.25, 0.3) is 30.4 Å². The lowest BCUT2D eigenvalue weighted by Gasteiger charge is -2.09. The van der Waals surface area contributed by atoms with E-state index in [0.717, 1.165) is 48.5 Å². The van der Waals surface area contributed by atoms with E-state index in [1.807, 2.05) is 0 Å². The summed E-state index contributed by atoms with van der Waals surface area (Å²) >= 11 is 0. The first-order valence-electron chi connectivity index (χ1n) is 7.92. The fraction of sp³-hybridized carbons (Fsp3) is 0. The molecule has 31 heavy (non-hydrogen) atoms. The molecule has 0 radical (unpaired) electrons. The highest BCUT2D eigenvalue weighted by Crippen LogP contribution is 2.41. The van der Waals surface area contributed by atoms with Crippen molar-refractivity contribution in [1.29, 1.82) is 0 Å². The van der Waals surface area contributed by atoms with Crippen LogP contribution in [0.5, 0.6) is 5.75 Å². The molecule has 4 N–H and O–H groups in total. The molecule has 0 aliphatic carbocycles. The van der Waals surface area contributed by atoms with Crippen LogP contribution in [0.25, 0.3) is 10.8 Å². The topological polar surface area (TPSA) is 208 Å². The van der Waals surface area contributed by atoms with Gasteiger partial charge < -0.3 is 5.11 Å². The Morgan fingerprint density at radius 3 is 1.71 bits per heavy atom. The molecule has 0 saturated carbocycles. The summed E-state index contributed by atoms with van der Waals surface area (Å²) in [6, 6.07) is 8.03. The summed E-state index contributed by atoms with van der Waals surface area (Å²) < 4.78 is 95.9. The summed E-state index contributed by atoms with van der Waals surface area (Å²) in [5, 5.41) is 17.5. The Kier molecular flexibility index (Phi) is 5.59. The van der Waals surface area contributed by atoms with Crippen LogP contribution in [0, 0.1) is 0 Å². The molecule has 12 nitrogen and oxygen atoms in total. The number of hydrogen-bond donors (Lipinski definition) is 4. The van der Waals surface area contributed by atoms with Crippen LogP contribution in [-0.2, 0) is 30.4 Å². The third-order valence-corrected chi connectivity index (χ3v) is 6.58. The third-order valence-electron chi connectivity index (χ3n) is 4.00. The normalized spacial score (nSPS) is 13.1. The molecule has 164 valence electrons. The van der Waals surface area contributed by atoms with Crippen LogP contribution >= 0.6 is 0 Å². The lowest BCUT2D eigenvalue weighted by Crippen LogP contribution is -2.00. The average Bonchev–Trinajstić information content (AvgIpc) is 2.65. The largest absolute Gasteiger partial charge is 0.505 e. The van der Waals surface area contributed by atoms with Gasteiger partial charge in [-0.25, -0.2) is 0 Å². The summed E-state index contributed by atoms with van der Waals surface area (Å²) in [6.07, 6.45) is 0. The zero-order valence-electron chi connectivity index (χ0n) is 15.0. The summed E-state index contributed by atoms with van der Waals surface area (Å²) in [5.41, 5.74) is -0.664. The summed E-state index contributed by atoms with van der Waals surface area (Å²) in [5.74, 6) is -0.759. The molecule has 0 fully saturated rings. The van der Waals surface area contributed by atoms with Gasteiger partial charge in [-0.2, -0.15) is 30.4 Å². The Morgan fingerprint density at radius 2 is 1.19 bits per heavy atom. The van der Waals surface area contributed by atoms with Crippen molar-refractivity contribution in [2.24, 2.45) is 10.2 Å². The monoisotopic (exact) mass is 488 g/mol. The maximum Gasteiger partial charge on any atom is 0.296 e. The average molecular weight is 488 g/mol. The van der Waals surface area contributed by atoms with Crippen LogP contribution in [0.4, 0.5) is 11.4 Å². The van der Waals surface area contributed by atoms with E-state index in [0.29, 0.717) is 0 Å². The van der Waals surface area contributed by atoms with Crippen molar-refractivity contribution in [2.75, 3.05) is 0 Å². The minimum Gasteiger partial charge on any atom is -0.505 e. The number of phenolic OH excluding ortho intramolecular Hbond substituents is 1. The fourth-order valence-electron chi connectivity index (χ4n) is 2.58. The van der Waals surface area contributed by atoms with Crippen LogP contribution in [0.1, 0.15) is 0 Å². The highest BCUT2D eigenvalue weighted by Gasteiger charge is 2.23. The van der Waals surface area contributed by atoms with E-state index in [-0.39, 0.29) is 16.5 Å². The van der Waals surface area contributed by atoms with Crippen LogP contribution < -0.4 is 0 Å². The molecule has 15 heteroatoms. The molecular formula is C16H12N2O10S3. The Hall–Kier alpha value is -2.95. The fourth-order valence-corrected chi connectivity index (χ4v) is 4.23. The van der Waals surface area contributed by atoms with Gasteiger partial charge in [0.05, 0.1) is 15.5 Å². The Morgan fingerprint density at radius 1 is 0.645 bits per heavy atom. The molecule has 0 spiro atoms. The number of fused-ring (bicyclic) bond motifs is 1. The number of rotatable bonds is 5. The summed E-state index contributed by atoms with van der Waals surface area (Å²) in [4.78, 5) is -1.90. The first kappa shape index (κ1) is 22.7. The lowest BCUT2D eigenvalue weighted by atomic mass is 10.1. The Bertz CT molecular complexity index is 1540. The van der Waals surface area contributed by atoms with E-state index in [2.05, 4.69) is 10.2 Å². The van der Waals surface area contributed by atoms with E-state index >= 15 is 0 Å². The van der Waals surface area contributed by atoms with Gasteiger partial charge in [0.15, 0.2) is 5.75 Å². The van der Waals surface area contributed by atoms with Gasteiger partial charge in [-0.1, -0.05) is 0 Å². The molecule has 0 heterocycles. The minimum absolute atomic E-state index is 0.00917. The molecule has 0 aliphatic rings. The van der Waals surface area contributed by atoms with E-state index < -0.39 is 56.5 Å². The van der Waals surface area contributed by atoms with Crippen molar-refractivity contribution < 1.29 is 44.0 Å². The van der Waals surface area contributed by atoms with Crippen molar-refractivity contribution in [1.82, 2.24) is 0 Å². The molecule has 0 saturated heterocycles. The number of hydrogen-bond acceptors (Lipinski definition) is 9. The second-order valence-corrected chi connectivity index (χ2v) is 10.3. The second kappa shape index (κ2) is 7.63. The molecule has 3 rings (SSSR count). The van der Waals surface area contributed by atoms with E-state index in [4.69, 9.17) is 9.11 Å². The van der Waals surface area contributed by atoms with Gasteiger partial charge >= 0.3 is 0 Å². The van der Waals surface area contributed by atoms with Gasteiger partial charge in [-0.3, -0.25) is 13.7 Å². The first-order chi connectivity index (χ1) is 14.2. The zero-order chi connectivity index (χ0) is 23.2. The lowest BCUT2D eigenvalue weighted by molar-refractivity contribution is 0.472. The first-order valence-corrected chi connectivity index (χ1v) is 12.2. The number of nitrogens with zero attached hydrogens (tertiary/aromatic N) is 2. The van der Waals surface area contributed by atoms with Gasteiger partial charge in [0, 0.05) is 5.39 Å². The van der Waals surface area contributed by atoms with Crippen LogP contribution in [0.3, 0.4) is 0 Å². The number of benzene rings is 3. The SMILES string of the molecule is O=S(=O)(O)c1ccc(N=Nc2c(S(=O)(=O)O)cc3cc(S(=O)(=O)O)ccc3c2O)cc1. The van der Waals surface area contributed by atoms with Crippen molar-refractivity contribution in [3.63, 3.8) is 0 Å². The Balaban J connectivity index is 2.19. The number of phenols is 1. The van der Waals surface area contributed by atoms with E-state index in [1.54, 1.807) is 0 Å². The number of aromatic hydroxyl groups is 1. The van der Waals surface area contributed by atoms with E-state index in [1.165, 1.54) is 0 Å². The molecule has 0 atom stereocenters. The van der Waals surface area contributed by atoms with Crippen molar-refractivity contribution in [2.45, 2.75) is 14.7 Å². The molecular weight excluding hydrogens is 476 g/mol. The van der Waals surface area contributed by atoms with Crippen LogP contribution in [-0.4, -0.2) is 44.0 Å². The molecule has 0 aliphatic heterocycles. The predicted octanol–water partition coefficient (Wildman–Crippen LogP) is 2.70. The standard InChI is InChI=1S/C16H12N2O10S3/c19-16-13-6-5-12(30(23,24)25)7-9(13)8-14(31(26,27)28)15(16)18-17-10-1-3-11(4-2-10)29(20,21)22/h1-8,19H,(H,20,21,22)(H,23,24,25)(H,26,27,28). The highest BCUT2D eigenvalue weighted by atomic mass is 32.2.